The van der Waals surface area contributed by atoms with Crippen LogP contribution >= 0.6 is 11.3 Å². The fourth-order valence-corrected chi connectivity index (χ4v) is 6.20. The van der Waals surface area contributed by atoms with Crippen LogP contribution < -0.4 is 34.4 Å². The summed E-state index contributed by atoms with van der Waals surface area (Å²) in [4.78, 5) is 44.8. The molecule has 10 nitrogen and oxygen atoms in total. The molecule has 1 N–H and O–H groups in total. The molecule has 1 aromatic heterocycles. The molecule has 2 heterocycles. The van der Waals surface area contributed by atoms with E-state index in [0.717, 1.165) is 11.1 Å². The van der Waals surface area contributed by atoms with Gasteiger partial charge >= 0.3 is 5.97 Å². The van der Waals surface area contributed by atoms with Gasteiger partial charge < -0.3 is 24.3 Å². The smallest absolute Gasteiger partial charge is 0.338 e. The molecule has 1 aliphatic heterocycles. The fourth-order valence-electron chi connectivity index (χ4n) is 5.15. The quantitative estimate of drug-likeness (QED) is 0.215. The van der Waals surface area contributed by atoms with Crippen LogP contribution in [0.25, 0.3) is 6.08 Å². The van der Waals surface area contributed by atoms with Crippen molar-refractivity contribution in [1.82, 2.24) is 4.57 Å². The first-order chi connectivity index (χ1) is 22.7. The second kappa shape index (κ2) is 15.0. The van der Waals surface area contributed by atoms with Crippen LogP contribution in [0.5, 0.6) is 17.2 Å². The number of amides is 1. The number of aromatic nitrogens is 1. The zero-order valence-corrected chi connectivity index (χ0v) is 27.8. The first kappa shape index (κ1) is 33.2. The van der Waals surface area contributed by atoms with Gasteiger partial charge in [0.1, 0.15) is 5.75 Å². The third-order valence-electron chi connectivity index (χ3n) is 7.28. The largest absolute Gasteiger partial charge is 0.494 e. The Morgan fingerprint density at radius 1 is 0.894 bits per heavy atom. The van der Waals surface area contributed by atoms with Gasteiger partial charge in [-0.05, 0) is 88.2 Å². The van der Waals surface area contributed by atoms with Crippen molar-refractivity contribution >= 4 is 35.0 Å². The predicted molar refractivity (Wildman–Crippen MR) is 181 cm³/mol. The minimum absolute atomic E-state index is 0.190. The molecular formula is C36H37N3O7S. The summed E-state index contributed by atoms with van der Waals surface area (Å²) in [6.07, 6.45) is 1.75. The van der Waals surface area contributed by atoms with Gasteiger partial charge in [-0.2, -0.15) is 0 Å². The van der Waals surface area contributed by atoms with Crippen LogP contribution in [0.1, 0.15) is 50.4 Å². The molecular weight excluding hydrogens is 618 g/mol. The molecule has 244 valence electrons. The lowest BCUT2D eigenvalue weighted by molar-refractivity contribution is -0.139. The normalized spacial score (nSPS) is 14.2. The first-order valence-corrected chi connectivity index (χ1v) is 16.2. The van der Waals surface area contributed by atoms with Crippen molar-refractivity contribution < 1.29 is 28.5 Å². The number of allylic oxidation sites excluding steroid dienone is 1. The van der Waals surface area contributed by atoms with E-state index in [1.165, 1.54) is 11.3 Å². The number of benzene rings is 3. The topological polar surface area (TPSA) is 117 Å². The lowest BCUT2D eigenvalue weighted by Gasteiger charge is -2.24. The number of thiazole rings is 1. The molecule has 0 saturated heterocycles. The van der Waals surface area contributed by atoms with Crippen molar-refractivity contribution in [2.75, 3.05) is 31.7 Å². The molecule has 3 aromatic carbocycles. The Hall–Kier alpha value is -5.16. The minimum Gasteiger partial charge on any atom is -0.494 e. The number of rotatable bonds is 12. The molecule has 1 atom stereocenters. The van der Waals surface area contributed by atoms with Gasteiger partial charge in [-0.3, -0.25) is 14.2 Å². The lowest BCUT2D eigenvalue weighted by Crippen LogP contribution is -2.39. The second-order valence-electron chi connectivity index (χ2n) is 10.6. The molecule has 47 heavy (non-hydrogen) atoms. The highest BCUT2D eigenvalue weighted by molar-refractivity contribution is 7.07. The number of anilines is 1. The van der Waals surface area contributed by atoms with Gasteiger partial charge in [-0.25, -0.2) is 9.79 Å². The lowest BCUT2D eigenvalue weighted by atomic mass is 9.96. The Balaban J connectivity index is 1.47. The summed E-state index contributed by atoms with van der Waals surface area (Å²) < 4.78 is 24.6. The summed E-state index contributed by atoms with van der Waals surface area (Å²) >= 11 is 1.23. The Kier molecular flexibility index (Phi) is 10.6. The maximum Gasteiger partial charge on any atom is 0.338 e. The van der Waals surface area contributed by atoms with E-state index in [4.69, 9.17) is 18.9 Å². The number of nitrogens with one attached hydrogen (secondary N) is 1. The molecule has 11 heteroatoms. The van der Waals surface area contributed by atoms with E-state index >= 15 is 0 Å². The van der Waals surface area contributed by atoms with Gasteiger partial charge in [0.15, 0.2) is 22.9 Å². The number of nitrogens with zero attached hydrogens (tertiary/aromatic N) is 2. The predicted octanol–water partition coefficient (Wildman–Crippen LogP) is 4.92. The summed E-state index contributed by atoms with van der Waals surface area (Å²) in [7, 11) is 0. The fraction of sp³-hybridized carbons (Fsp3) is 0.278. The van der Waals surface area contributed by atoms with Gasteiger partial charge in [-0.15, -0.1) is 0 Å². The Labute approximate surface area is 276 Å². The molecule has 0 spiro atoms. The number of fused-ring (bicyclic) bond motifs is 1. The highest BCUT2D eigenvalue weighted by atomic mass is 32.1. The summed E-state index contributed by atoms with van der Waals surface area (Å²) in [6.45, 7) is 10.1. The van der Waals surface area contributed by atoms with Crippen molar-refractivity contribution in [3.63, 3.8) is 0 Å². The minimum atomic E-state index is -0.732. The number of carbonyl (C=O) groups excluding carboxylic acids is 2. The average Bonchev–Trinajstić information content (AvgIpc) is 3.35. The zero-order valence-electron chi connectivity index (χ0n) is 27.0. The Bertz CT molecular complexity index is 1980. The van der Waals surface area contributed by atoms with Gasteiger partial charge in [0.25, 0.3) is 11.5 Å². The molecule has 0 bridgehead atoms. The van der Waals surface area contributed by atoms with Crippen molar-refractivity contribution in [2.24, 2.45) is 4.99 Å². The van der Waals surface area contributed by atoms with Crippen LogP contribution in [0.4, 0.5) is 5.69 Å². The summed E-state index contributed by atoms with van der Waals surface area (Å²) in [5.41, 5.74) is 3.69. The third kappa shape index (κ3) is 7.63. The van der Waals surface area contributed by atoms with Crippen molar-refractivity contribution in [3.05, 3.63) is 114 Å². The summed E-state index contributed by atoms with van der Waals surface area (Å²) in [5.74, 6) is 0.693. The van der Waals surface area contributed by atoms with Crippen molar-refractivity contribution in [1.29, 1.82) is 0 Å². The van der Waals surface area contributed by atoms with Gasteiger partial charge in [0.05, 0.1) is 41.7 Å². The SMILES string of the molecule is CCOC(=O)C1=C(C)N=c2s/c(=C/c3ccc(OCC(=O)Nc4ccc(C)cc4)c(OCC)c3)c(=O)n2[C@H]1c1ccc(OCC)cc1. The maximum atomic E-state index is 14.0. The Morgan fingerprint density at radius 2 is 1.62 bits per heavy atom. The number of esters is 1. The molecule has 0 aliphatic carbocycles. The summed E-state index contributed by atoms with van der Waals surface area (Å²) in [6, 6.07) is 19.3. The van der Waals surface area contributed by atoms with Crippen LogP contribution in [0.3, 0.4) is 0 Å². The molecule has 5 rings (SSSR count). The number of carbonyl (C=O) groups is 2. The van der Waals surface area contributed by atoms with Crippen LogP contribution in [0.2, 0.25) is 0 Å². The van der Waals surface area contributed by atoms with E-state index < -0.39 is 12.0 Å². The molecule has 4 aromatic rings. The van der Waals surface area contributed by atoms with E-state index in [0.29, 0.717) is 62.3 Å². The van der Waals surface area contributed by atoms with E-state index in [9.17, 15) is 14.4 Å². The van der Waals surface area contributed by atoms with E-state index in [2.05, 4.69) is 10.3 Å². The monoisotopic (exact) mass is 655 g/mol. The van der Waals surface area contributed by atoms with Crippen LogP contribution in [-0.4, -0.2) is 42.9 Å². The van der Waals surface area contributed by atoms with Crippen LogP contribution in [-0.2, 0) is 14.3 Å². The standard InChI is InChI=1S/C36H37N3O7S/c1-6-43-27-16-12-25(13-17-27)33-32(35(42)45-8-3)23(5)37-36-39(33)34(41)30(47-36)20-24-11-18-28(29(19-24)44-7-2)46-21-31(40)38-26-14-9-22(4)10-15-26/h9-20,33H,6-8,21H2,1-5H3,(H,38,40)/b30-20+/t33-/m0/s1. The van der Waals surface area contributed by atoms with Crippen molar-refractivity contribution in [2.45, 2.75) is 40.7 Å². The molecule has 0 radical (unpaired) electrons. The second-order valence-corrected chi connectivity index (χ2v) is 11.7. The summed E-state index contributed by atoms with van der Waals surface area (Å²) in [5, 5.41) is 2.81. The van der Waals surface area contributed by atoms with E-state index in [-0.39, 0.29) is 24.7 Å². The first-order valence-electron chi connectivity index (χ1n) is 15.4. The highest BCUT2D eigenvalue weighted by Gasteiger charge is 2.33. The van der Waals surface area contributed by atoms with E-state index in [1.807, 2.05) is 69.3 Å². The van der Waals surface area contributed by atoms with Gasteiger partial charge in [0, 0.05) is 5.69 Å². The highest BCUT2D eigenvalue weighted by Crippen LogP contribution is 2.32. The Morgan fingerprint density at radius 3 is 2.30 bits per heavy atom. The molecule has 1 amide bonds. The van der Waals surface area contributed by atoms with Crippen LogP contribution in [0, 0.1) is 6.92 Å². The molecule has 0 saturated carbocycles. The number of ether oxygens (including phenoxy) is 4. The molecule has 1 aliphatic rings. The number of hydrogen-bond acceptors (Lipinski definition) is 9. The van der Waals surface area contributed by atoms with Crippen molar-refractivity contribution in [3.8, 4) is 17.2 Å². The zero-order chi connectivity index (χ0) is 33.5. The van der Waals surface area contributed by atoms with E-state index in [1.54, 1.807) is 42.7 Å². The van der Waals surface area contributed by atoms with Gasteiger partial charge in [-0.1, -0.05) is 47.2 Å². The number of aryl methyl sites for hydroxylation is 1. The van der Waals surface area contributed by atoms with Crippen LogP contribution in [0.15, 0.2) is 87.8 Å². The number of hydrogen-bond donors (Lipinski definition) is 1. The maximum absolute atomic E-state index is 14.0. The van der Waals surface area contributed by atoms with Gasteiger partial charge in [0.2, 0.25) is 0 Å². The molecule has 0 fully saturated rings. The third-order valence-corrected chi connectivity index (χ3v) is 8.27. The average molecular weight is 656 g/mol. The molecule has 0 unspecified atom stereocenters.